The van der Waals surface area contributed by atoms with Crippen LogP contribution < -0.4 is 5.32 Å². The molecule has 0 spiro atoms. The Kier molecular flexibility index (Phi) is 5.42. The van der Waals surface area contributed by atoms with Gasteiger partial charge in [-0.2, -0.15) is 0 Å². The van der Waals surface area contributed by atoms with Gasteiger partial charge in [0.15, 0.2) is 0 Å². The first kappa shape index (κ1) is 15.7. The second kappa shape index (κ2) is 6.88. The van der Waals surface area contributed by atoms with E-state index in [9.17, 15) is 4.39 Å². The summed E-state index contributed by atoms with van der Waals surface area (Å²) in [6, 6.07) is 5.10. The third-order valence-corrected chi connectivity index (χ3v) is 4.52. The molecule has 1 atom stereocenters. The Hall–Kier alpha value is -0.640. The highest BCUT2D eigenvalue weighted by molar-refractivity contribution is 6.30. The zero-order valence-corrected chi connectivity index (χ0v) is 13.0. The first-order valence-electron chi connectivity index (χ1n) is 7.39. The van der Waals surface area contributed by atoms with Crippen LogP contribution in [0.5, 0.6) is 0 Å². The van der Waals surface area contributed by atoms with Crippen molar-refractivity contribution in [2.45, 2.75) is 57.7 Å². The molecule has 2 rings (SSSR count). The van der Waals surface area contributed by atoms with Crippen LogP contribution in [0.3, 0.4) is 0 Å². The molecule has 20 heavy (non-hydrogen) atoms. The molecule has 1 unspecified atom stereocenters. The van der Waals surface area contributed by atoms with Crippen molar-refractivity contribution in [3.63, 3.8) is 0 Å². The van der Waals surface area contributed by atoms with Crippen LogP contribution in [0.1, 0.15) is 45.1 Å². The van der Waals surface area contributed by atoms with Crippen LogP contribution in [0, 0.1) is 5.82 Å². The van der Waals surface area contributed by atoms with Gasteiger partial charge in [0.05, 0.1) is 5.60 Å². The molecule has 1 aliphatic heterocycles. The maximum atomic E-state index is 13.3. The number of hydrogen-bond donors (Lipinski definition) is 1. The minimum absolute atomic E-state index is 0.00942. The Morgan fingerprint density at radius 2 is 2.10 bits per heavy atom. The van der Waals surface area contributed by atoms with Crippen LogP contribution in [0.4, 0.5) is 4.39 Å². The van der Waals surface area contributed by atoms with Gasteiger partial charge in [-0.05, 0) is 49.4 Å². The van der Waals surface area contributed by atoms with Crippen molar-refractivity contribution < 1.29 is 9.13 Å². The molecule has 112 valence electrons. The summed E-state index contributed by atoms with van der Waals surface area (Å²) in [7, 11) is 0. The number of halogens is 2. The minimum atomic E-state index is -0.280. The van der Waals surface area contributed by atoms with Gasteiger partial charge in [0.2, 0.25) is 0 Å². The summed E-state index contributed by atoms with van der Waals surface area (Å²) in [5, 5.41) is 3.96. The average Bonchev–Trinajstić information content (AvgIpc) is 2.44. The largest absolute Gasteiger partial charge is 0.375 e. The van der Waals surface area contributed by atoms with Crippen molar-refractivity contribution in [1.29, 1.82) is 0 Å². The summed E-state index contributed by atoms with van der Waals surface area (Å²) in [5.41, 5.74) is 0.898. The summed E-state index contributed by atoms with van der Waals surface area (Å²) in [5.74, 6) is -0.280. The fourth-order valence-electron chi connectivity index (χ4n) is 2.92. The van der Waals surface area contributed by atoms with Gasteiger partial charge in [0.25, 0.3) is 0 Å². The van der Waals surface area contributed by atoms with E-state index in [2.05, 4.69) is 19.2 Å². The summed E-state index contributed by atoms with van der Waals surface area (Å²) in [4.78, 5) is 0. The molecule has 2 nitrogen and oxygen atoms in total. The average molecular weight is 300 g/mol. The van der Waals surface area contributed by atoms with Crippen molar-refractivity contribution in [2.24, 2.45) is 0 Å². The highest BCUT2D eigenvalue weighted by Crippen LogP contribution is 2.31. The van der Waals surface area contributed by atoms with E-state index in [1.165, 1.54) is 12.1 Å². The third kappa shape index (κ3) is 3.94. The number of hydrogen-bond acceptors (Lipinski definition) is 2. The van der Waals surface area contributed by atoms with Crippen molar-refractivity contribution in [3.8, 4) is 0 Å². The monoisotopic (exact) mass is 299 g/mol. The molecule has 1 aromatic rings. The number of rotatable bonds is 5. The van der Waals surface area contributed by atoms with E-state index in [1.54, 1.807) is 0 Å². The van der Waals surface area contributed by atoms with Crippen LogP contribution >= 0.6 is 11.6 Å². The highest BCUT2D eigenvalue weighted by atomic mass is 35.5. The quantitative estimate of drug-likeness (QED) is 0.875. The maximum Gasteiger partial charge on any atom is 0.125 e. The van der Waals surface area contributed by atoms with Gasteiger partial charge in [-0.25, -0.2) is 4.39 Å². The van der Waals surface area contributed by atoms with Gasteiger partial charge in [-0.1, -0.05) is 25.4 Å². The lowest BCUT2D eigenvalue weighted by Gasteiger charge is -2.40. The van der Waals surface area contributed by atoms with Gasteiger partial charge in [0, 0.05) is 24.2 Å². The molecule has 1 saturated heterocycles. The second-order valence-electron chi connectivity index (χ2n) is 5.59. The molecule has 1 N–H and O–H groups in total. The molecule has 0 amide bonds. The number of benzene rings is 1. The van der Waals surface area contributed by atoms with Gasteiger partial charge >= 0.3 is 0 Å². The first-order chi connectivity index (χ1) is 9.57. The van der Waals surface area contributed by atoms with E-state index in [0.717, 1.165) is 37.9 Å². The standard InChI is InChI=1S/C16H23ClFNO/c1-3-16(4-2)10-15(5-6-20-16)19-11-12-7-13(17)9-14(18)8-12/h7-9,15,19H,3-6,10-11H2,1-2H3. The fraction of sp³-hybridized carbons (Fsp3) is 0.625. The predicted molar refractivity (Wildman–Crippen MR) is 80.5 cm³/mol. The van der Waals surface area contributed by atoms with Crippen molar-refractivity contribution >= 4 is 11.6 Å². The van der Waals surface area contributed by atoms with E-state index in [4.69, 9.17) is 16.3 Å². The summed E-state index contributed by atoms with van der Waals surface area (Å²) < 4.78 is 19.3. The van der Waals surface area contributed by atoms with Gasteiger partial charge < -0.3 is 10.1 Å². The molecule has 0 radical (unpaired) electrons. The van der Waals surface area contributed by atoms with E-state index < -0.39 is 0 Å². The normalized spacial score (nSPS) is 21.9. The van der Waals surface area contributed by atoms with Crippen molar-refractivity contribution in [2.75, 3.05) is 6.61 Å². The highest BCUT2D eigenvalue weighted by Gasteiger charge is 2.34. The lowest BCUT2D eigenvalue weighted by atomic mass is 9.86. The number of ether oxygens (including phenoxy) is 1. The van der Waals surface area contributed by atoms with Gasteiger partial charge in [-0.3, -0.25) is 0 Å². The van der Waals surface area contributed by atoms with Crippen LogP contribution in [-0.2, 0) is 11.3 Å². The lowest BCUT2D eigenvalue weighted by molar-refractivity contribution is -0.0932. The smallest absolute Gasteiger partial charge is 0.125 e. The topological polar surface area (TPSA) is 21.3 Å². The van der Waals surface area contributed by atoms with Crippen molar-refractivity contribution in [3.05, 3.63) is 34.6 Å². The Labute approximate surface area is 125 Å². The molecule has 1 heterocycles. The van der Waals surface area contributed by atoms with Crippen LogP contribution in [0.2, 0.25) is 5.02 Å². The molecule has 0 saturated carbocycles. The number of nitrogens with one attached hydrogen (secondary N) is 1. The van der Waals surface area contributed by atoms with E-state index in [1.807, 2.05) is 6.07 Å². The summed E-state index contributed by atoms with van der Waals surface area (Å²) >= 11 is 5.87. The molecule has 1 aliphatic rings. The molecule has 0 bridgehead atoms. The Morgan fingerprint density at radius 3 is 2.75 bits per heavy atom. The lowest BCUT2D eigenvalue weighted by Crippen LogP contribution is -2.46. The molecule has 1 fully saturated rings. The fourth-order valence-corrected chi connectivity index (χ4v) is 3.16. The first-order valence-corrected chi connectivity index (χ1v) is 7.77. The van der Waals surface area contributed by atoms with E-state index >= 15 is 0 Å². The SMILES string of the molecule is CCC1(CC)CC(NCc2cc(F)cc(Cl)c2)CCO1. The van der Waals surface area contributed by atoms with Crippen molar-refractivity contribution in [1.82, 2.24) is 5.32 Å². The second-order valence-corrected chi connectivity index (χ2v) is 6.02. The van der Waals surface area contributed by atoms with Crippen LogP contribution in [-0.4, -0.2) is 18.2 Å². The van der Waals surface area contributed by atoms with E-state index in [-0.39, 0.29) is 11.4 Å². The Balaban J connectivity index is 1.93. The predicted octanol–water partition coefficient (Wildman–Crippen LogP) is 4.31. The van der Waals surface area contributed by atoms with Gasteiger partial charge in [0.1, 0.15) is 5.82 Å². The van der Waals surface area contributed by atoms with Crippen LogP contribution in [0.15, 0.2) is 18.2 Å². The molecule has 4 heteroatoms. The minimum Gasteiger partial charge on any atom is -0.375 e. The Bertz CT molecular complexity index is 428. The van der Waals surface area contributed by atoms with Gasteiger partial charge in [-0.15, -0.1) is 0 Å². The summed E-state index contributed by atoms with van der Waals surface area (Å²) in [6.07, 6.45) is 4.09. The maximum absolute atomic E-state index is 13.3. The molecule has 0 aliphatic carbocycles. The Morgan fingerprint density at radius 1 is 1.35 bits per heavy atom. The van der Waals surface area contributed by atoms with Crippen LogP contribution in [0.25, 0.3) is 0 Å². The van der Waals surface area contributed by atoms with E-state index in [0.29, 0.717) is 17.6 Å². The zero-order chi connectivity index (χ0) is 14.6. The molecule has 0 aromatic heterocycles. The molecule has 1 aromatic carbocycles. The molecular weight excluding hydrogens is 277 g/mol. The summed E-state index contributed by atoms with van der Waals surface area (Å²) in [6.45, 7) is 5.80. The molecular formula is C16H23ClFNO. The zero-order valence-electron chi connectivity index (χ0n) is 12.2. The third-order valence-electron chi connectivity index (χ3n) is 4.30.